The average Bonchev–Trinajstić information content (AvgIpc) is 3.03. The number of hydrogen-bond donors (Lipinski definition) is 2. The van der Waals surface area contributed by atoms with Crippen molar-refractivity contribution in [3.63, 3.8) is 0 Å². The second-order valence-corrected chi connectivity index (χ2v) is 7.36. The minimum atomic E-state index is -0.0593. The van der Waals surface area contributed by atoms with Crippen LogP contribution in [0.2, 0.25) is 0 Å². The first-order valence-electron chi connectivity index (χ1n) is 8.90. The van der Waals surface area contributed by atoms with Gasteiger partial charge in [-0.3, -0.25) is 0 Å². The topological polar surface area (TPSA) is 37.0 Å². The predicted octanol–water partition coefficient (Wildman–Crippen LogP) is 6.45. The van der Waals surface area contributed by atoms with Crippen LogP contribution in [0.25, 0.3) is 10.9 Å². The monoisotopic (exact) mass is 420 g/mol. The molecular formula is C23H21BrN2O. The van der Waals surface area contributed by atoms with E-state index < -0.39 is 0 Å². The number of fused-ring (bicyclic) bond motifs is 1. The van der Waals surface area contributed by atoms with Crippen LogP contribution in [0, 0.1) is 6.92 Å². The number of H-pyrrole nitrogens is 1. The maximum atomic E-state index is 5.68. The van der Waals surface area contributed by atoms with E-state index >= 15 is 0 Å². The Hall–Kier alpha value is -2.72. The molecule has 2 N–H and O–H groups in total. The molecule has 0 aliphatic carbocycles. The number of aryl methyl sites for hydroxylation is 1. The van der Waals surface area contributed by atoms with Gasteiger partial charge in [-0.15, -0.1) is 0 Å². The van der Waals surface area contributed by atoms with Crippen molar-refractivity contribution in [3.05, 3.63) is 94.1 Å². The highest BCUT2D eigenvalue weighted by Crippen LogP contribution is 2.39. The summed E-state index contributed by atoms with van der Waals surface area (Å²) in [4.78, 5) is 3.52. The molecule has 3 aromatic carbocycles. The molecule has 0 radical (unpaired) electrons. The van der Waals surface area contributed by atoms with E-state index in [0.29, 0.717) is 0 Å². The van der Waals surface area contributed by atoms with Gasteiger partial charge in [0.15, 0.2) is 0 Å². The predicted molar refractivity (Wildman–Crippen MR) is 116 cm³/mol. The lowest BCUT2D eigenvalue weighted by Crippen LogP contribution is -2.14. The first kappa shape index (κ1) is 17.7. The van der Waals surface area contributed by atoms with Crippen LogP contribution in [0.3, 0.4) is 0 Å². The van der Waals surface area contributed by atoms with Crippen LogP contribution in [0.4, 0.5) is 5.69 Å². The third-order valence-electron chi connectivity index (χ3n) is 4.86. The van der Waals surface area contributed by atoms with E-state index in [1.54, 1.807) is 7.11 Å². The zero-order valence-corrected chi connectivity index (χ0v) is 16.9. The molecule has 0 spiro atoms. The van der Waals surface area contributed by atoms with Crippen molar-refractivity contribution < 1.29 is 4.74 Å². The van der Waals surface area contributed by atoms with E-state index in [2.05, 4.69) is 75.6 Å². The standard InChI is InChI=1S/C23H21BrN2O/c1-15-22(16-9-3-6-12-19(16)25-15)23(17-10-4-8-14-21(17)27-2)26-20-13-7-5-11-18(20)24/h3-14,23,25-26H,1-2H3/t23-/m0/s1. The van der Waals surface area contributed by atoms with E-state index in [1.807, 2.05) is 30.3 Å². The van der Waals surface area contributed by atoms with Crippen LogP contribution < -0.4 is 10.1 Å². The van der Waals surface area contributed by atoms with Gasteiger partial charge in [0, 0.05) is 37.9 Å². The van der Waals surface area contributed by atoms with Gasteiger partial charge in [-0.1, -0.05) is 48.5 Å². The number of anilines is 1. The van der Waals surface area contributed by atoms with E-state index in [1.165, 1.54) is 10.9 Å². The van der Waals surface area contributed by atoms with Gasteiger partial charge in [0.25, 0.3) is 0 Å². The Morgan fingerprint density at radius 3 is 2.44 bits per heavy atom. The summed E-state index contributed by atoms with van der Waals surface area (Å²) < 4.78 is 6.71. The molecule has 0 aliphatic heterocycles. The lowest BCUT2D eigenvalue weighted by molar-refractivity contribution is 0.408. The third kappa shape index (κ3) is 3.33. The Labute approximate surface area is 167 Å². The highest BCUT2D eigenvalue weighted by molar-refractivity contribution is 9.10. The van der Waals surface area contributed by atoms with E-state index in [0.717, 1.165) is 32.7 Å². The lowest BCUT2D eigenvalue weighted by Gasteiger charge is -2.24. The fourth-order valence-corrected chi connectivity index (χ4v) is 4.01. The minimum absolute atomic E-state index is 0.0593. The number of benzene rings is 3. The molecule has 0 unspecified atom stereocenters. The van der Waals surface area contributed by atoms with Gasteiger partial charge in [0.05, 0.1) is 13.2 Å². The molecule has 4 heteroatoms. The summed E-state index contributed by atoms with van der Waals surface area (Å²) in [5, 5.41) is 4.94. The molecule has 4 aromatic rings. The summed E-state index contributed by atoms with van der Waals surface area (Å²) in [6.07, 6.45) is 0. The zero-order valence-electron chi connectivity index (χ0n) is 15.3. The van der Waals surface area contributed by atoms with Crippen LogP contribution in [0.15, 0.2) is 77.3 Å². The molecule has 4 rings (SSSR count). The summed E-state index contributed by atoms with van der Waals surface area (Å²) >= 11 is 3.66. The number of ether oxygens (including phenoxy) is 1. The Bertz CT molecular complexity index is 1090. The molecule has 1 aromatic heterocycles. The maximum absolute atomic E-state index is 5.68. The Balaban J connectivity index is 1.93. The van der Waals surface area contributed by atoms with Gasteiger partial charge in [-0.2, -0.15) is 0 Å². The second kappa shape index (κ2) is 7.49. The van der Waals surface area contributed by atoms with Crippen molar-refractivity contribution in [2.45, 2.75) is 13.0 Å². The average molecular weight is 421 g/mol. The molecule has 27 heavy (non-hydrogen) atoms. The van der Waals surface area contributed by atoms with Crippen molar-refractivity contribution in [1.82, 2.24) is 4.98 Å². The second-order valence-electron chi connectivity index (χ2n) is 6.51. The van der Waals surface area contributed by atoms with Crippen LogP contribution in [-0.2, 0) is 0 Å². The van der Waals surface area contributed by atoms with Crippen LogP contribution in [-0.4, -0.2) is 12.1 Å². The molecule has 0 saturated carbocycles. The first-order valence-corrected chi connectivity index (χ1v) is 9.69. The molecular weight excluding hydrogens is 400 g/mol. The van der Waals surface area contributed by atoms with E-state index in [4.69, 9.17) is 4.74 Å². The number of halogens is 1. The number of aromatic nitrogens is 1. The normalized spacial score (nSPS) is 12.1. The first-order chi connectivity index (χ1) is 13.2. The summed E-state index contributed by atoms with van der Waals surface area (Å²) in [5.41, 5.74) is 5.65. The molecule has 0 amide bonds. The van der Waals surface area contributed by atoms with E-state index in [-0.39, 0.29) is 6.04 Å². The Morgan fingerprint density at radius 1 is 0.926 bits per heavy atom. The lowest BCUT2D eigenvalue weighted by atomic mass is 9.95. The van der Waals surface area contributed by atoms with Crippen LogP contribution in [0.1, 0.15) is 22.9 Å². The molecule has 0 aliphatic rings. The Kier molecular flexibility index (Phi) is 4.90. The molecule has 0 fully saturated rings. The van der Waals surface area contributed by atoms with Crippen molar-refractivity contribution >= 4 is 32.5 Å². The van der Waals surface area contributed by atoms with Crippen molar-refractivity contribution in [2.24, 2.45) is 0 Å². The van der Waals surface area contributed by atoms with Crippen LogP contribution in [0.5, 0.6) is 5.75 Å². The quantitative estimate of drug-likeness (QED) is 0.389. The van der Waals surface area contributed by atoms with Crippen molar-refractivity contribution in [1.29, 1.82) is 0 Å². The number of rotatable bonds is 5. The summed E-state index contributed by atoms with van der Waals surface area (Å²) in [5.74, 6) is 0.867. The molecule has 136 valence electrons. The summed E-state index contributed by atoms with van der Waals surface area (Å²) in [6.45, 7) is 2.12. The Morgan fingerprint density at radius 2 is 1.63 bits per heavy atom. The van der Waals surface area contributed by atoms with Crippen molar-refractivity contribution in [2.75, 3.05) is 12.4 Å². The van der Waals surface area contributed by atoms with Crippen LogP contribution >= 0.6 is 15.9 Å². The molecule has 0 saturated heterocycles. The number of aromatic amines is 1. The molecule has 3 nitrogen and oxygen atoms in total. The number of hydrogen-bond acceptors (Lipinski definition) is 2. The maximum Gasteiger partial charge on any atom is 0.124 e. The van der Waals surface area contributed by atoms with Gasteiger partial charge in [0.1, 0.15) is 5.75 Å². The fourth-order valence-electron chi connectivity index (χ4n) is 3.61. The molecule has 1 heterocycles. The van der Waals surface area contributed by atoms with E-state index in [9.17, 15) is 0 Å². The largest absolute Gasteiger partial charge is 0.496 e. The molecule has 1 atom stereocenters. The fraction of sp³-hybridized carbons (Fsp3) is 0.130. The molecule has 0 bridgehead atoms. The number of nitrogens with one attached hydrogen (secondary N) is 2. The summed E-state index contributed by atoms with van der Waals surface area (Å²) in [7, 11) is 1.72. The third-order valence-corrected chi connectivity index (χ3v) is 5.55. The SMILES string of the molecule is COc1ccccc1[C@H](Nc1ccccc1Br)c1c(C)[nH]c2ccccc12. The van der Waals surface area contributed by atoms with Gasteiger partial charge in [0.2, 0.25) is 0 Å². The number of methoxy groups -OCH3 is 1. The van der Waals surface area contributed by atoms with Crippen molar-refractivity contribution in [3.8, 4) is 5.75 Å². The van der Waals surface area contributed by atoms with Gasteiger partial charge < -0.3 is 15.0 Å². The number of para-hydroxylation sites is 3. The smallest absolute Gasteiger partial charge is 0.124 e. The highest BCUT2D eigenvalue weighted by atomic mass is 79.9. The van der Waals surface area contributed by atoms with Gasteiger partial charge >= 0.3 is 0 Å². The minimum Gasteiger partial charge on any atom is -0.496 e. The zero-order chi connectivity index (χ0) is 18.8. The summed E-state index contributed by atoms with van der Waals surface area (Å²) in [6, 6.07) is 24.7. The highest BCUT2D eigenvalue weighted by Gasteiger charge is 2.24. The van der Waals surface area contributed by atoms with Gasteiger partial charge in [-0.05, 0) is 47.1 Å². The van der Waals surface area contributed by atoms with Gasteiger partial charge in [-0.25, -0.2) is 0 Å².